The molecule has 0 amide bonds. The summed E-state index contributed by atoms with van der Waals surface area (Å²) in [7, 11) is 0. The molecule has 0 unspecified atom stereocenters. The molecule has 0 aliphatic carbocycles. The first kappa shape index (κ1) is 14.8. The van der Waals surface area contributed by atoms with Crippen molar-refractivity contribution in [3.63, 3.8) is 0 Å². The fourth-order valence-corrected chi connectivity index (χ4v) is 2.71. The van der Waals surface area contributed by atoms with E-state index in [2.05, 4.69) is 69.4 Å². The third kappa shape index (κ3) is 3.71. The number of rotatable bonds is 5. The van der Waals surface area contributed by atoms with Crippen LogP contribution < -0.4 is 5.32 Å². The molecule has 20 heavy (non-hydrogen) atoms. The highest BCUT2D eigenvalue weighted by atomic mass is 14.8. The molecule has 0 aliphatic rings. The van der Waals surface area contributed by atoms with Crippen molar-refractivity contribution in [1.29, 1.82) is 0 Å². The molecule has 0 bridgehead atoms. The Kier molecular flexibility index (Phi) is 4.97. The minimum atomic E-state index is 0.927. The number of aryl methyl sites for hydroxylation is 4. The van der Waals surface area contributed by atoms with Gasteiger partial charge in [-0.2, -0.15) is 0 Å². The van der Waals surface area contributed by atoms with Crippen molar-refractivity contribution in [2.24, 2.45) is 0 Å². The summed E-state index contributed by atoms with van der Waals surface area (Å²) in [6.07, 6.45) is 1.11. The molecule has 0 atom stereocenters. The van der Waals surface area contributed by atoms with Crippen molar-refractivity contribution in [1.82, 2.24) is 5.32 Å². The van der Waals surface area contributed by atoms with Gasteiger partial charge in [0.2, 0.25) is 0 Å². The van der Waals surface area contributed by atoms with Gasteiger partial charge in [0, 0.05) is 13.1 Å². The summed E-state index contributed by atoms with van der Waals surface area (Å²) >= 11 is 0. The fraction of sp³-hybridized carbons (Fsp3) is 0.368. The summed E-state index contributed by atoms with van der Waals surface area (Å²) in [6.45, 7) is 10.6. The first-order valence-electron chi connectivity index (χ1n) is 7.45. The highest BCUT2D eigenvalue weighted by molar-refractivity contribution is 5.37. The van der Waals surface area contributed by atoms with E-state index >= 15 is 0 Å². The highest BCUT2D eigenvalue weighted by Crippen LogP contribution is 2.16. The number of benzene rings is 2. The third-order valence-electron chi connectivity index (χ3n) is 3.90. The van der Waals surface area contributed by atoms with Gasteiger partial charge >= 0.3 is 0 Å². The van der Waals surface area contributed by atoms with Gasteiger partial charge in [-0.25, -0.2) is 0 Å². The van der Waals surface area contributed by atoms with Gasteiger partial charge < -0.3 is 5.32 Å². The number of hydrogen-bond donors (Lipinski definition) is 1. The van der Waals surface area contributed by atoms with E-state index in [0.29, 0.717) is 0 Å². The summed E-state index contributed by atoms with van der Waals surface area (Å²) < 4.78 is 0. The van der Waals surface area contributed by atoms with Crippen LogP contribution in [0.2, 0.25) is 0 Å². The molecule has 2 aromatic rings. The molecule has 0 heterocycles. The first-order valence-corrected chi connectivity index (χ1v) is 7.45. The van der Waals surface area contributed by atoms with Crippen molar-refractivity contribution in [3.8, 4) is 0 Å². The molecule has 0 saturated carbocycles. The van der Waals surface area contributed by atoms with Crippen LogP contribution in [-0.2, 0) is 19.5 Å². The van der Waals surface area contributed by atoms with E-state index in [1.54, 1.807) is 0 Å². The van der Waals surface area contributed by atoms with Crippen LogP contribution in [0.25, 0.3) is 0 Å². The van der Waals surface area contributed by atoms with Crippen LogP contribution in [0.4, 0.5) is 0 Å². The molecule has 1 nitrogen and oxygen atoms in total. The van der Waals surface area contributed by atoms with Crippen molar-refractivity contribution in [2.45, 2.75) is 47.2 Å². The van der Waals surface area contributed by atoms with Gasteiger partial charge in [0.15, 0.2) is 0 Å². The lowest BCUT2D eigenvalue weighted by Crippen LogP contribution is -2.14. The van der Waals surface area contributed by atoms with E-state index < -0.39 is 0 Å². The van der Waals surface area contributed by atoms with Crippen LogP contribution in [0, 0.1) is 20.8 Å². The summed E-state index contributed by atoms with van der Waals surface area (Å²) in [5.74, 6) is 0. The van der Waals surface area contributed by atoms with Gasteiger partial charge in [0.1, 0.15) is 0 Å². The van der Waals surface area contributed by atoms with Gasteiger partial charge in [-0.3, -0.25) is 0 Å². The lowest BCUT2D eigenvalue weighted by Gasteiger charge is -2.12. The van der Waals surface area contributed by atoms with Gasteiger partial charge in [-0.1, -0.05) is 48.9 Å². The van der Waals surface area contributed by atoms with Crippen LogP contribution in [0.5, 0.6) is 0 Å². The van der Waals surface area contributed by atoms with Gasteiger partial charge in [-0.05, 0) is 55.0 Å². The molecule has 0 radical (unpaired) electrons. The van der Waals surface area contributed by atoms with Crippen molar-refractivity contribution in [3.05, 3.63) is 69.8 Å². The van der Waals surface area contributed by atoms with Gasteiger partial charge in [-0.15, -0.1) is 0 Å². The predicted octanol–water partition coefficient (Wildman–Crippen LogP) is 4.46. The fourth-order valence-electron chi connectivity index (χ4n) is 2.71. The molecule has 1 N–H and O–H groups in total. The average molecular weight is 267 g/mol. The Morgan fingerprint density at radius 3 is 1.90 bits per heavy atom. The predicted molar refractivity (Wildman–Crippen MR) is 87.0 cm³/mol. The molecule has 0 aliphatic heterocycles. The normalized spacial score (nSPS) is 10.8. The average Bonchev–Trinajstić information content (AvgIpc) is 2.42. The maximum atomic E-state index is 3.56. The molecule has 2 aromatic carbocycles. The first-order chi connectivity index (χ1) is 9.60. The van der Waals surface area contributed by atoms with Crippen molar-refractivity contribution < 1.29 is 0 Å². The zero-order valence-corrected chi connectivity index (χ0v) is 13.1. The second kappa shape index (κ2) is 6.71. The zero-order valence-electron chi connectivity index (χ0n) is 13.1. The molecule has 0 saturated heterocycles. The molecular weight excluding hydrogens is 242 g/mol. The Bertz CT molecular complexity index is 544. The SMILES string of the molecule is CCc1ccc(CNCc2c(C)cc(C)cc2C)cc1. The molecule has 106 valence electrons. The van der Waals surface area contributed by atoms with Crippen LogP contribution in [0.3, 0.4) is 0 Å². The smallest absolute Gasteiger partial charge is 0.0213 e. The number of hydrogen-bond acceptors (Lipinski definition) is 1. The topological polar surface area (TPSA) is 12.0 Å². The molecule has 0 fully saturated rings. The Morgan fingerprint density at radius 2 is 1.35 bits per heavy atom. The minimum absolute atomic E-state index is 0.927. The van der Waals surface area contributed by atoms with Crippen molar-refractivity contribution in [2.75, 3.05) is 0 Å². The minimum Gasteiger partial charge on any atom is -0.309 e. The monoisotopic (exact) mass is 267 g/mol. The van der Waals surface area contributed by atoms with E-state index in [0.717, 1.165) is 19.5 Å². The summed E-state index contributed by atoms with van der Waals surface area (Å²) in [5, 5.41) is 3.56. The Labute approximate surface area is 123 Å². The molecule has 0 spiro atoms. The Balaban J connectivity index is 1.95. The molecule has 0 aromatic heterocycles. The molecular formula is C19H25N. The third-order valence-corrected chi connectivity index (χ3v) is 3.90. The van der Waals surface area contributed by atoms with Crippen LogP contribution >= 0.6 is 0 Å². The molecule has 2 rings (SSSR count). The quantitative estimate of drug-likeness (QED) is 0.843. The molecule has 1 heteroatoms. The Hall–Kier alpha value is -1.60. The lowest BCUT2D eigenvalue weighted by atomic mass is 10.00. The van der Waals surface area contributed by atoms with Crippen LogP contribution in [0.15, 0.2) is 36.4 Å². The number of nitrogens with one attached hydrogen (secondary N) is 1. The van der Waals surface area contributed by atoms with Crippen LogP contribution in [0.1, 0.15) is 40.3 Å². The Morgan fingerprint density at radius 1 is 0.800 bits per heavy atom. The maximum absolute atomic E-state index is 3.56. The van der Waals surface area contributed by atoms with E-state index in [-0.39, 0.29) is 0 Å². The second-order valence-corrected chi connectivity index (χ2v) is 5.65. The van der Waals surface area contributed by atoms with E-state index in [1.165, 1.54) is 33.4 Å². The largest absolute Gasteiger partial charge is 0.309 e. The van der Waals surface area contributed by atoms with E-state index in [4.69, 9.17) is 0 Å². The standard InChI is InChI=1S/C19H25N/c1-5-17-6-8-18(9-7-17)12-20-13-19-15(3)10-14(2)11-16(19)4/h6-11,20H,5,12-13H2,1-4H3. The maximum Gasteiger partial charge on any atom is 0.0213 e. The summed E-state index contributed by atoms with van der Waals surface area (Å²) in [5.41, 5.74) is 8.30. The summed E-state index contributed by atoms with van der Waals surface area (Å²) in [6, 6.07) is 13.4. The van der Waals surface area contributed by atoms with E-state index in [9.17, 15) is 0 Å². The van der Waals surface area contributed by atoms with Crippen LogP contribution in [-0.4, -0.2) is 0 Å². The van der Waals surface area contributed by atoms with E-state index in [1.807, 2.05) is 0 Å². The second-order valence-electron chi connectivity index (χ2n) is 5.65. The lowest BCUT2D eigenvalue weighted by molar-refractivity contribution is 0.687. The van der Waals surface area contributed by atoms with Crippen molar-refractivity contribution >= 4 is 0 Å². The summed E-state index contributed by atoms with van der Waals surface area (Å²) in [4.78, 5) is 0. The highest BCUT2D eigenvalue weighted by Gasteiger charge is 2.03. The van der Waals surface area contributed by atoms with Gasteiger partial charge in [0.05, 0.1) is 0 Å². The zero-order chi connectivity index (χ0) is 14.5. The van der Waals surface area contributed by atoms with Gasteiger partial charge in [0.25, 0.3) is 0 Å².